The molecule has 3 rings (SSSR count). The molecule has 5 nitrogen and oxygen atoms in total. The summed E-state index contributed by atoms with van der Waals surface area (Å²) in [7, 11) is 0. The number of imidazole rings is 1. The molecular weight excluding hydrogens is 309 g/mol. The first-order valence-corrected chi connectivity index (χ1v) is 6.83. The van der Waals surface area contributed by atoms with Crippen LogP contribution in [0.3, 0.4) is 0 Å². The van der Waals surface area contributed by atoms with Gasteiger partial charge >= 0.3 is 12.1 Å². The summed E-state index contributed by atoms with van der Waals surface area (Å²) < 4.78 is 43.6. The van der Waals surface area contributed by atoms with Crippen molar-refractivity contribution in [2.45, 2.75) is 26.6 Å². The average Bonchev–Trinajstić information content (AvgIpc) is 3.07. The molecule has 0 aliphatic carbocycles. The molecule has 0 radical (unpaired) electrons. The summed E-state index contributed by atoms with van der Waals surface area (Å²) in [5.41, 5.74) is 2.39. The number of hydrogen-bond donors (Lipinski definition) is 0. The molecule has 0 aliphatic rings. The normalized spacial score (nSPS) is 11.9. The molecule has 0 aliphatic heterocycles. The van der Waals surface area contributed by atoms with Gasteiger partial charge in [0.1, 0.15) is 5.82 Å². The van der Waals surface area contributed by atoms with Crippen molar-refractivity contribution in [3.63, 3.8) is 0 Å². The van der Waals surface area contributed by atoms with Crippen molar-refractivity contribution in [2.24, 2.45) is 0 Å². The predicted molar refractivity (Wildman–Crippen MR) is 75.5 cm³/mol. The molecule has 0 amide bonds. The zero-order chi connectivity index (χ0) is 16.6. The molecular formula is C15H13F3N4O. The number of nitrogens with zero attached hydrogens (tertiary/aromatic N) is 4. The summed E-state index contributed by atoms with van der Waals surface area (Å²) in [4.78, 5) is 7.69. The topological polar surface area (TPSA) is 56.7 Å². The average molecular weight is 322 g/mol. The van der Waals surface area contributed by atoms with Gasteiger partial charge in [0, 0.05) is 18.3 Å². The first kappa shape index (κ1) is 15.3. The Morgan fingerprint density at radius 1 is 1.09 bits per heavy atom. The molecule has 0 saturated heterocycles. The van der Waals surface area contributed by atoms with Crippen molar-refractivity contribution < 1.29 is 17.7 Å². The predicted octanol–water partition coefficient (Wildman–Crippen LogP) is 3.62. The standard InChI is InChI=1S/C15H13F3N4O/c1-9-7-22(10(2)19-9)8-11-3-5-12(6-4-11)13-20-14(23-21-13)15(16,17)18/h3-7H,8H2,1-2H3. The molecule has 23 heavy (non-hydrogen) atoms. The molecule has 0 atom stereocenters. The van der Waals surface area contributed by atoms with Crippen LogP contribution in [0.2, 0.25) is 0 Å². The van der Waals surface area contributed by atoms with Crippen molar-refractivity contribution >= 4 is 0 Å². The molecule has 2 aromatic heterocycles. The molecule has 8 heteroatoms. The third-order valence-corrected chi connectivity index (χ3v) is 3.33. The van der Waals surface area contributed by atoms with Gasteiger partial charge in [-0.05, 0) is 19.4 Å². The van der Waals surface area contributed by atoms with Gasteiger partial charge in [0.2, 0.25) is 5.82 Å². The lowest BCUT2D eigenvalue weighted by Crippen LogP contribution is -2.04. The fourth-order valence-electron chi connectivity index (χ4n) is 2.24. The second kappa shape index (κ2) is 5.53. The zero-order valence-corrected chi connectivity index (χ0v) is 12.4. The Morgan fingerprint density at radius 2 is 1.78 bits per heavy atom. The van der Waals surface area contributed by atoms with E-state index < -0.39 is 12.1 Å². The van der Waals surface area contributed by atoms with Crippen LogP contribution in [0.4, 0.5) is 13.2 Å². The molecule has 2 heterocycles. The van der Waals surface area contributed by atoms with Crippen LogP contribution in [0.5, 0.6) is 0 Å². The van der Waals surface area contributed by atoms with E-state index in [2.05, 4.69) is 19.6 Å². The van der Waals surface area contributed by atoms with Crippen LogP contribution < -0.4 is 0 Å². The molecule has 1 aromatic carbocycles. The van der Waals surface area contributed by atoms with Crippen LogP contribution in [0.25, 0.3) is 11.4 Å². The minimum absolute atomic E-state index is 0.0847. The monoisotopic (exact) mass is 322 g/mol. The number of rotatable bonds is 3. The Morgan fingerprint density at radius 3 is 2.30 bits per heavy atom. The summed E-state index contributed by atoms with van der Waals surface area (Å²) in [6, 6.07) is 6.96. The lowest BCUT2D eigenvalue weighted by Gasteiger charge is -2.05. The fraction of sp³-hybridized carbons (Fsp3) is 0.267. The molecule has 120 valence electrons. The van der Waals surface area contributed by atoms with Crippen LogP contribution in [-0.4, -0.2) is 19.7 Å². The van der Waals surface area contributed by atoms with E-state index in [1.54, 1.807) is 12.1 Å². The SMILES string of the molecule is Cc1cn(Cc2ccc(-c3noc(C(F)(F)F)n3)cc2)c(C)n1. The number of hydrogen-bond acceptors (Lipinski definition) is 4. The van der Waals surface area contributed by atoms with E-state index in [1.807, 2.05) is 36.7 Å². The third kappa shape index (κ3) is 3.25. The van der Waals surface area contributed by atoms with Crippen molar-refractivity contribution in [3.8, 4) is 11.4 Å². The van der Waals surface area contributed by atoms with Crippen LogP contribution in [0.1, 0.15) is 23.0 Å². The summed E-state index contributed by atoms with van der Waals surface area (Å²) in [5.74, 6) is -0.529. The number of aromatic nitrogens is 4. The van der Waals surface area contributed by atoms with E-state index in [4.69, 9.17) is 0 Å². The van der Waals surface area contributed by atoms with Crippen LogP contribution in [-0.2, 0) is 12.7 Å². The lowest BCUT2D eigenvalue weighted by atomic mass is 10.1. The Labute approximate surface area is 129 Å². The highest BCUT2D eigenvalue weighted by molar-refractivity contribution is 5.54. The Hall–Kier alpha value is -2.64. The first-order chi connectivity index (χ1) is 10.8. The van der Waals surface area contributed by atoms with Gasteiger partial charge in [0.05, 0.1) is 5.69 Å². The minimum Gasteiger partial charge on any atom is -0.330 e. The maximum absolute atomic E-state index is 12.5. The number of benzene rings is 1. The van der Waals surface area contributed by atoms with Gasteiger partial charge < -0.3 is 9.09 Å². The molecule has 0 N–H and O–H groups in total. The van der Waals surface area contributed by atoms with E-state index >= 15 is 0 Å². The molecule has 3 aromatic rings. The van der Waals surface area contributed by atoms with Crippen molar-refractivity contribution in [2.75, 3.05) is 0 Å². The van der Waals surface area contributed by atoms with Gasteiger partial charge in [-0.2, -0.15) is 18.2 Å². The number of halogens is 3. The van der Waals surface area contributed by atoms with E-state index in [0.717, 1.165) is 17.1 Å². The smallest absolute Gasteiger partial charge is 0.330 e. The molecule has 0 fully saturated rings. The maximum Gasteiger partial charge on any atom is 0.471 e. The highest BCUT2D eigenvalue weighted by atomic mass is 19.4. The van der Waals surface area contributed by atoms with Crippen LogP contribution in [0.15, 0.2) is 35.0 Å². The van der Waals surface area contributed by atoms with Gasteiger partial charge in [0.15, 0.2) is 0 Å². The zero-order valence-electron chi connectivity index (χ0n) is 12.4. The fourth-order valence-corrected chi connectivity index (χ4v) is 2.24. The summed E-state index contributed by atoms with van der Waals surface area (Å²) >= 11 is 0. The second-order valence-corrected chi connectivity index (χ2v) is 5.18. The highest BCUT2D eigenvalue weighted by Crippen LogP contribution is 2.29. The summed E-state index contributed by atoms with van der Waals surface area (Å²) in [6.45, 7) is 4.47. The Bertz CT molecular complexity index is 818. The maximum atomic E-state index is 12.5. The van der Waals surface area contributed by atoms with E-state index in [0.29, 0.717) is 12.1 Å². The van der Waals surface area contributed by atoms with Gasteiger partial charge in [-0.3, -0.25) is 0 Å². The van der Waals surface area contributed by atoms with Crippen LogP contribution >= 0.6 is 0 Å². The second-order valence-electron chi connectivity index (χ2n) is 5.18. The van der Waals surface area contributed by atoms with Gasteiger partial charge in [-0.15, -0.1) is 0 Å². The van der Waals surface area contributed by atoms with E-state index in [9.17, 15) is 13.2 Å². The first-order valence-electron chi connectivity index (χ1n) is 6.83. The van der Waals surface area contributed by atoms with Gasteiger partial charge in [-0.25, -0.2) is 4.98 Å². The highest BCUT2D eigenvalue weighted by Gasteiger charge is 2.38. The quantitative estimate of drug-likeness (QED) is 0.739. The van der Waals surface area contributed by atoms with Gasteiger partial charge in [0.25, 0.3) is 0 Å². The minimum atomic E-state index is -4.64. The van der Waals surface area contributed by atoms with E-state index in [-0.39, 0.29) is 5.82 Å². The summed E-state index contributed by atoms with van der Waals surface area (Å²) in [5, 5.41) is 3.36. The number of alkyl halides is 3. The Kier molecular flexibility index (Phi) is 3.67. The largest absolute Gasteiger partial charge is 0.471 e. The summed E-state index contributed by atoms with van der Waals surface area (Å²) in [6.07, 6.45) is -2.69. The van der Waals surface area contributed by atoms with Gasteiger partial charge in [-0.1, -0.05) is 29.4 Å². The van der Waals surface area contributed by atoms with E-state index in [1.165, 1.54) is 0 Å². The van der Waals surface area contributed by atoms with Crippen molar-refractivity contribution in [1.29, 1.82) is 0 Å². The Balaban J connectivity index is 1.79. The third-order valence-electron chi connectivity index (χ3n) is 3.33. The number of aryl methyl sites for hydroxylation is 2. The lowest BCUT2D eigenvalue weighted by molar-refractivity contribution is -0.159. The molecule has 0 saturated carbocycles. The van der Waals surface area contributed by atoms with Crippen molar-refractivity contribution in [1.82, 2.24) is 19.7 Å². The molecule has 0 bridgehead atoms. The molecule has 0 unspecified atom stereocenters. The van der Waals surface area contributed by atoms with Crippen molar-refractivity contribution in [3.05, 3.63) is 53.4 Å². The molecule has 0 spiro atoms. The van der Waals surface area contributed by atoms with Crippen LogP contribution in [0, 0.1) is 13.8 Å².